The second kappa shape index (κ2) is 5.46. The largest absolute Gasteiger partial charge is 0.248 e. The van der Waals surface area contributed by atoms with Gasteiger partial charge in [0.15, 0.2) is 0 Å². The molecule has 8 heteroatoms. The summed E-state index contributed by atoms with van der Waals surface area (Å²) in [6, 6.07) is 7.15. The van der Waals surface area contributed by atoms with Crippen LogP contribution in [0.4, 0.5) is 4.39 Å². The molecule has 0 fully saturated rings. The number of primary sulfonamides is 1. The molecule has 0 radical (unpaired) electrons. The summed E-state index contributed by atoms with van der Waals surface area (Å²) >= 11 is 6.89. The van der Waals surface area contributed by atoms with Gasteiger partial charge in [-0.25, -0.2) is 22.9 Å². The molecule has 4 nitrogen and oxygen atoms in total. The maximum atomic E-state index is 13.0. The lowest BCUT2D eigenvalue weighted by Gasteiger charge is -2.03. The maximum absolute atomic E-state index is 13.0. The van der Waals surface area contributed by atoms with Gasteiger partial charge in [0.2, 0.25) is 10.0 Å². The summed E-state index contributed by atoms with van der Waals surface area (Å²) in [5.41, 5.74) is 0. The van der Waals surface area contributed by atoms with Crippen molar-refractivity contribution in [2.75, 3.05) is 0 Å². The first-order chi connectivity index (χ1) is 8.86. The Hall–Kier alpha value is -1.15. The van der Waals surface area contributed by atoms with E-state index in [2.05, 4.69) is 4.98 Å². The molecule has 0 saturated carbocycles. The van der Waals surface area contributed by atoms with E-state index in [4.69, 9.17) is 16.7 Å². The predicted molar refractivity (Wildman–Crippen MR) is 71.1 cm³/mol. The van der Waals surface area contributed by atoms with Crippen molar-refractivity contribution in [1.82, 2.24) is 4.98 Å². The minimum absolute atomic E-state index is 0.0196. The lowest BCUT2D eigenvalue weighted by atomic mass is 10.3. The highest BCUT2D eigenvalue weighted by molar-refractivity contribution is 7.99. The number of sulfonamides is 1. The Bertz CT molecular complexity index is 705. The van der Waals surface area contributed by atoms with E-state index in [9.17, 15) is 12.8 Å². The number of rotatable bonds is 3. The van der Waals surface area contributed by atoms with Crippen molar-refractivity contribution >= 4 is 33.4 Å². The Morgan fingerprint density at radius 1 is 1.26 bits per heavy atom. The van der Waals surface area contributed by atoms with E-state index < -0.39 is 15.8 Å². The van der Waals surface area contributed by atoms with Crippen LogP contribution in [0.5, 0.6) is 0 Å². The maximum Gasteiger partial charge on any atom is 0.239 e. The van der Waals surface area contributed by atoms with Crippen LogP contribution in [0.15, 0.2) is 51.3 Å². The number of hydrogen-bond donors (Lipinski definition) is 1. The third-order valence-electron chi connectivity index (χ3n) is 2.15. The zero-order valence-electron chi connectivity index (χ0n) is 9.38. The minimum atomic E-state index is -3.75. The quantitative estimate of drug-likeness (QED) is 0.944. The molecule has 0 atom stereocenters. The van der Waals surface area contributed by atoms with E-state index in [0.717, 1.165) is 0 Å². The zero-order valence-corrected chi connectivity index (χ0v) is 11.8. The molecule has 0 saturated heterocycles. The number of pyridine rings is 1. The fourth-order valence-corrected chi connectivity index (χ4v) is 2.75. The van der Waals surface area contributed by atoms with Gasteiger partial charge in [0.1, 0.15) is 15.7 Å². The van der Waals surface area contributed by atoms with Crippen LogP contribution in [0.3, 0.4) is 0 Å². The van der Waals surface area contributed by atoms with Crippen molar-refractivity contribution in [1.29, 1.82) is 0 Å². The Morgan fingerprint density at radius 2 is 2.00 bits per heavy atom. The van der Waals surface area contributed by atoms with Crippen molar-refractivity contribution < 1.29 is 12.8 Å². The van der Waals surface area contributed by atoms with Crippen molar-refractivity contribution in [2.45, 2.75) is 14.8 Å². The molecule has 1 aromatic heterocycles. The van der Waals surface area contributed by atoms with Crippen molar-refractivity contribution in [3.05, 3.63) is 47.4 Å². The fraction of sp³-hybridized carbons (Fsp3) is 0. The first kappa shape index (κ1) is 14.3. The van der Waals surface area contributed by atoms with E-state index in [1.165, 1.54) is 42.2 Å². The molecule has 1 aromatic carbocycles. The highest BCUT2D eigenvalue weighted by Crippen LogP contribution is 2.29. The van der Waals surface area contributed by atoms with E-state index in [0.29, 0.717) is 9.92 Å². The predicted octanol–water partition coefficient (Wildman–Crippen LogP) is 2.67. The highest BCUT2D eigenvalue weighted by atomic mass is 35.5. The number of nitrogens with two attached hydrogens (primary N) is 1. The Balaban J connectivity index is 2.22. The lowest BCUT2D eigenvalue weighted by molar-refractivity contribution is 0.597. The van der Waals surface area contributed by atoms with Crippen LogP contribution in [0.1, 0.15) is 0 Å². The van der Waals surface area contributed by atoms with Crippen LogP contribution >= 0.6 is 23.4 Å². The molecule has 0 amide bonds. The zero-order chi connectivity index (χ0) is 14.0. The fourth-order valence-electron chi connectivity index (χ4n) is 1.26. The Morgan fingerprint density at radius 3 is 2.53 bits per heavy atom. The summed E-state index contributed by atoms with van der Waals surface area (Å²) in [6.07, 6.45) is 1.17. The molecule has 0 bridgehead atoms. The van der Waals surface area contributed by atoms with Crippen LogP contribution < -0.4 is 5.14 Å². The SMILES string of the molecule is NS(=O)(=O)c1ccc(Sc2ccc(F)c(Cl)c2)nc1. The lowest BCUT2D eigenvalue weighted by Crippen LogP contribution is -2.12. The van der Waals surface area contributed by atoms with Crippen LogP contribution in [0, 0.1) is 5.82 Å². The molecular formula is C11H8ClFN2O2S2. The summed E-state index contributed by atoms with van der Waals surface area (Å²) in [4.78, 5) is 4.59. The normalized spacial score (nSPS) is 11.5. The van der Waals surface area contributed by atoms with Gasteiger partial charge in [-0.1, -0.05) is 23.4 Å². The van der Waals surface area contributed by atoms with E-state index in [-0.39, 0.29) is 9.92 Å². The van der Waals surface area contributed by atoms with Gasteiger partial charge in [0, 0.05) is 11.1 Å². The number of nitrogens with zero attached hydrogens (tertiary/aromatic N) is 1. The molecule has 2 N–H and O–H groups in total. The van der Waals surface area contributed by atoms with Crippen molar-refractivity contribution in [3.63, 3.8) is 0 Å². The van der Waals surface area contributed by atoms with Crippen LogP contribution in [0.25, 0.3) is 0 Å². The van der Waals surface area contributed by atoms with Gasteiger partial charge in [-0.2, -0.15) is 0 Å². The molecule has 1 heterocycles. The molecule has 2 aromatic rings. The first-order valence-electron chi connectivity index (χ1n) is 4.98. The Labute approximate surface area is 118 Å². The Kier molecular flexibility index (Phi) is 4.10. The average Bonchev–Trinajstić information content (AvgIpc) is 2.33. The highest BCUT2D eigenvalue weighted by Gasteiger charge is 2.09. The van der Waals surface area contributed by atoms with Gasteiger partial charge in [0.05, 0.1) is 5.02 Å². The molecule has 100 valence electrons. The molecule has 0 aliphatic carbocycles. The van der Waals surface area contributed by atoms with Crippen LogP contribution in [-0.4, -0.2) is 13.4 Å². The topological polar surface area (TPSA) is 73.1 Å². The molecule has 19 heavy (non-hydrogen) atoms. The molecule has 0 aliphatic rings. The summed E-state index contributed by atoms with van der Waals surface area (Å²) < 4.78 is 35.1. The van der Waals surface area contributed by atoms with E-state index >= 15 is 0 Å². The number of halogens is 2. The van der Waals surface area contributed by atoms with Gasteiger partial charge in [-0.3, -0.25) is 0 Å². The van der Waals surface area contributed by atoms with Gasteiger partial charge in [-0.15, -0.1) is 0 Å². The summed E-state index contributed by atoms with van der Waals surface area (Å²) in [5.74, 6) is -0.497. The molecule has 0 aliphatic heterocycles. The van der Waals surface area contributed by atoms with Gasteiger partial charge in [0.25, 0.3) is 0 Å². The number of benzene rings is 1. The molecule has 0 unspecified atom stereocenters. The third-order valence-corrected chi connectivity index (χ3v) is 4.28. The second-order valence-electron chi connectivity index (χ2n) is 3.56. The molecule has 0 spiro atoms. The molecular weight excluding hydrogens is 311 g/mol. The van der Waals surface area contributed by atoms with Crippen LogP contribution in [0.2, 0.25) is 5.02 Å². The molecule has 2 rings (SSSR count). The first-order valence-corrected chi connectivity index (χ1v) is 7.72. The van der Waals surface area contributed by atoms with Crippen molar-refractivity contribution in [2.24, 2.45) is 5.14 Å². The number of aromatic nitrogens is 1. The smallest absolute Gasteiger partial charge is 0.239 e. The number of hydrogen-bond acceptors (Lipinski definition) is 4. The second-order valence-corrected chi connectivity index (χ2v) is 6.62. The third kappa shape index (κ3) is 3.66. The standard InChI is InChI=1S/C11H8ClFN2O2S2/c12-9-5-7(1-3-10(9)13)18-11-4-2-8(6-15-11)19(14,16)17/h1-6H,(H2,14,16,17). The van der Waals surface area contributed by atoms with Crippen LogP contribution in [-0.2, 0) is 10.0 Å². The summed E-state index contributed by atoms with van der Waals surface area (Å²) in [5, 5.41) is 5.53. The van der Waals surface area contributed by atoms with Crippen molar-refractivity contribution in [3.8, 4) is 0 Å². The van der Waals surface area contributed by atoms with Gasteiger partial charge in [-0.05, 0) is 30.3 Å². The monoisotopic (exact) mass is 318 g/mol. The van der Waals surface area contributed by atoms with Gasteiger partial charge >= 0.3 is 0 Å². The van der Waals surface area contributed by atoms with E-state index in [1.807, 2.05) is 0 Å². The summed E-state index contributed by atoms with van der Waals surface area (Å²) in [6.45, 7) is 0. The summed E-state index contributed by atoms with van der Waals surface area (Å²) in [7, 11) is -3.75. The minimum Gasteiger partial charge on any atom is -0.248 e. The van der Waals surface area contributed by atoms with Gasteiger partial charge < -0.3 is 0 Å². The van der Waals surface area contributed by atoms with E-state index in [1.54, 1.807) is 6.07 Å². The average molecular weight is 319 g/mol.